The Hall–Kier alpha value is -2.24. The quantitative estimate of drug-likeness (QED) is 0.791. The Kier molecular flexibility index (Phi) is 6.67. The SMILES string of the molecule is CCOc1cc(C(=O)NC[C@H](c2ccccc2)N(C)C)cc(Cl)c1O. The highest BCUT2D eigenvalue weighted by Gasteiger charge is 2.18. The highest BCUT2D eigenvalue weighted by atomic mass is 35.5. The Morgan fingerprint density at radius 1 is 1.28 bits per heavy atom. The molecule has 0 fully saturated rings. The number of aromatic hydroxyl groups is 1. The van der Waals surface area contributed by atoms with Crippen LogP contribution in [0, 0.1) is 0 Å². The molecule has 0 unspecified atom stereocenters. The van der Waals surface area contributed by atoms with E-state index in [1.165, 1.54) is 12.1 Å². The highest BCUT2D eigenvalue weighted by molar-refractivity contribution is 6.32. The minimum Gasteiger partial charge on any atom is -0.503 e. The van der Waals surface area contributed by atoms with Gasteiger partial charge in [-0.3, -0.25) is 4.79 Å². The number of nitrogens with zero attached hydrogens (tertiary/aromatic N) is 1. The third-order valence-corrected chi connectivity index (χ3v) is 4.14. The monoisotopic (exact) mass is 362 g/mol. The summed E-state index contributed by atoms with van der Waals surface area (Å²) in [5, 5.41) is 12.9. The van der Waals surface area contributed by atoms with Gasteiger partial charge >= 0.3 is 0 Å². The van der Waals surface area contributed by atoms with Gasteiger partial charge in [-0.1, -0.05) is 41.9 Å². The average Bonchev–Trinajstić information content (AvgIpc) is 2.59. The second-order valence-electron chi connectivity index (χ2n) is 5.84. The lowest BCUT2D eigenvalue weighted by Gasteiger charge is -2.25. The molecule has 0 saturated heterocycles. The first-order valence-electron chi connectivity index (χ1n) is 8.09. The molecule has 25 heavy (non-hydrogen) atoms. The minimum atomic E-state index is -0.273. The van der Waals surface area contributed by atoms with E-state index in [4.69, 9.17) is 16.3 Å². The first-order chi connectivity index (χ1) is 11.9. The molecular formula is C19H23ClN2O3. The lowest BCUT2D eigenvalue weighted by atomic mass is 10.1. The summed E-state index contributed by atoms with van der Waals surface area (Å²) in [5.74, 6) is -0.228. The van der Waals surface area contributed by atoms with Crippen LogP contribution in [0.15, 0.2) is 42.5 Å². The number of ether oxygens (including phenoxy) is 1. The molecule has 0 aliphatic heterocycles. The number of hydrogen-bond acceptors (Lipinski definition) is 4. The summed E-state index contributed by atoms with van der Waals surface area (Å²) in [6, 6.07) is 12.9. The number of likely N-dealkylation sites (N-methyl/N-ethyl adjacent to an activating group) is 1. The zero-order chi connectivity index (χ0) is 18.4. The molecule has 0 spiro atoms. The second-order valence-corrected chi connectivity index (χ2v) is 6.25. The topological polar surface area (TPSA) is 61.8 Å². The van der Waals surface area contributed by atoms with Crippen molar-refractivity contribution in [1.82, 2.24) is 10.2 Å². The summed E-state index contributed by atoms with van der Waals surface area (Å²) in [6.07, 6.45) is 0. The minimum absolute atomic E-state index is 0.0455. The van der Waals surface area contributed by atoms with Crippen LogP contribution in [0.3, 0.4) is 0 Å². The fourth-order valence-electron chi connectivity index (χ4n) is 2.54. The van der Waals surface area contributed by atoms with Crippen LogP contribution in [0.1, 0.15) is 28.9 Å². The van der Waals surface area contributed by atoms with Gasteiger partial charge in [-0.05, 0) is 38.7 Å². The molecule has 5 nitrogen and oxygen atoms in total. The Morgan fingerprint density at radius 3 is 2.56 bits per heavy atom. The smallest absolute Gasteiger partial charge is 0.251 e. The Morgan fingerprint density at radius 2 is 1.96 bits per heavy atom. The van der Waals surface area contributed by atoms with E-state index < -0.39 is 0 Å². The number of phenolic OH excluding ortho intramolecular Hbond substituents is 1. The molecule has 0 bridgehead atoms. The fraction of sp³-hybridized carbons (Fsp3) is 0.316. The van der Waals surface area contributed by atoms with E-state index in [1.807, 2.05) is 49.3 Å². The maximum Gasteiger partial charge on any atom is 0.251 e. The predicted octanol–water partition coefficient (Wildman–Crippen LogP) is 3.48. The molecule has 0 heterocycles. The number of phenols is 1. The van der Waals surface area contributed by atoms with Gasteiger partial charge in [0.25, 0.3) is 5.91 Å². The van der Waals surface area contributed by atoms with Crippen LogP contribution in [0.5, 0.6) is 11.5 Å². The molecule has 0 saturated carbocycles. The maximum atomic E-state index is 12.5. The standard InChI is InChI=1S/C19H23ClN2O3/c1-4-25-17-11-14(10-15(20)18(17)23)19(24)21-12-16(22(2)3)13-8-6-5-7-9-13/h5-11,16,23H,4,12H2,1-3H3,(H,21,24)/t16-/m1/s1. The molecule has 2 aromatic rings. The average molecular weight is 363 g/mol. The van der Waals surface area contributed by atoms with E-state index in [2.05, 4.69) is 5.32 Å². The summed E-state index contributed by atoms with van der Waals surface area (Å²) in [4.78, 5) is 14.5. The van der Waals surface area contributed by atoms with Crippen LogP contribution in [0.2, 0.25) is 5.02 Å². The van der Waals surface area contributed by atoms with Gasteiger partial charge in [0.1, 0.15) is 0 Å². The van der Waals surface area contributed by atoms with Crippen molar-refractivity contribution >= 4 is 17.5 Å². The van der Waals surface area contributed by atoms with E-state index in [9.17, 15) is 9.90 Å². The molecule has 0 radical (unpaired) electrons. The van der Waals surface area contributed by atoms with Crippen molar-refractivity contribution in [2.75, 3.05) is 27.2 Å². The van der Waals surface area contributed by atoms with Crippen molar-refractivity contribution in [2.24, 2.45) is 0 Å². The fourth-order valence-corrected chi connectivity index (χ4v) is 2.75. The molecule has 1 atom stereocenters. The van der Waals surface area contributed by atoms with Crippen LogP contribution in [0.25, 0.3) is 0 Å². The molecule has 1 amide bonds. The number of benzene rings is 2. The van der Waals surface area contributed by atoms with Crippen molar-refractivity contribution in [3.8, 4) is 11.5 Å². The normalized spacial score (nSPS) is 12.0. The zero-order valence-corrected chi connectivity index (χ0v) is 15.4. The van der Waals surface area contributed by atoms with Gasteiger partial charge < -0.3 is 20.1 Å². The van der Waals surface area contributed by atoms with Crippen LogP contribution in [-0.4, -0.2) is 43.2 Å². The molecule has 2 N–H and O–H groups in total. The molecule has 0 aromatic heterocycles. The Balaban J connectivity index is 2.13. The molecule has 2 aromatic carbocycles. The first-order valence-corrected chi connectivity index (χ1v) is 8.46. The Labute approximate surface area is 153 Å². The molecule has 134 valence electrons. The molecule has 6 heteroatoms. The lowest BCUT2D eigenvalue weighted by molar-refractivity contribution is 0.0941. The van der Waals surface area contributed by atoms with Gasteiger partial charge in [0, 0.05) is 12.1 Å². The summed E-state index contributed by atoms with van der Waals surface area (Å²) < 4.78 is 5.32. The molecule has 0 aliphatic rings. The number of carbonyl (C=O) groups excluding carboxylic acids is 1. The number of carbonyl (C=O) groups is 1. The second kappa shape index (κ2) is 8.74. The molecular weight excluding hydrogens is 340 g/mol. The van der Waals surface area contributed by atoms with Crippen LogP contribution >= 0.6 is 11.6 Å². The highest BCUT2D eigenvalue weighted by Crippen LogP contribution is 2.35. The molecule has 2 rings (SSSR count). The van der Waals surface area contributed by atoms with Gasteiger partial charge in [0.2, 0.25) is 0 Å². The van der Waals surface area contributed by atoms with Crippen molar-refractivity contribution < 1.29 is 14.6 Å². The van der Waals surface area contributed by atoms with Crippen molar-refractivity contribution in [1.29, 1.82) is 0 Å². The van der Waals surface area contributed by atoms with E-state index in [1.54, 1.807) is 6.92 Å². The van der Waals surface area contributed by atoms with Gasteiger partial charge in [0.05, 0.1) is 17.7 Å². The van der Waals surface area contributed by atoms with Gasteiger partial charge in [-0.2, -0.15) is 0 Å². The number of halogens is 1. The van der Waals surface area contributed by atoms with Crippen molar-refractivity contribution in [3.63, 3.8) is 0 Å². The summed E-state index contributed by atoms with van der Waals surface area (Å²) >= 11 is 5.99. The third kappa shape index (κ3) is 4.87. The van der Waals surface area contributed by atoms with Gasteiger partial charge in [0.15, 0.2) is 11.5 Å². The van der Waals surface area contributed by atoms with E-state index in [0.29, 0.717) is 18.7 Å². The largest absolute Gasteiger partial charge is 0.503 e. The van der Waals surface area contributed by atoms with Crippen LogP contribution in [0.4, 0.5) is 0 Å². The number of rotatable bonds is 7. The molecule has 0 aliphatic carbocycles. The van der Waals surface area contributed by atoms with Crippen molar-refractivity contribution in [2.45, 2.75) is 13.0 Å². The van der Waals surface area contributed by atoms with E-state index in [-0.39, 0.29) is 28.5 Å². The summed E-state index contributed by atoms with van der Waals surface area (Å²) in [6.45, 7) is 2.60. The number of hydrogen-bond donors (Lipinski definition) is 2. The van der Waals surface area contributed by atoms with Gasteiger partial charge in [-0.25, -0.2) is 0 Å². The Bertz CT molecular complexity index is 720. The summed E-state index contributed by atoms with van der Waals surface area (Å²) in [7, 11) is 3.93. The lowest BCUT2D eigenvalue weighted by Crippen LogP contribution is -2.34. The summed E-state index contributed by atoms with van der Waals surface area (Å²) in [5.41, 5.74) is 1.46. The number of nitrogens with one attached hydrogen (secondary N) is 1. The van der Waals surface area contributed by atoms with Crippen LogP contribution < -0.4 is 10.1 Å². The van der Waals surface area contributed by atoms with Crippen LogP contribution in [-0.2, 0) is 0 Å². The van der Waals surface area contributed by atoms with E-state index >= 15 is 0 Å². The predicted molar refractivity (Wildman–Crippen MR) is 99.5 cm³/mol. The van der Waals surface area contributed by atoms with Crippen molar-refractivity contribution in [3.05, 3.63) is 58.6 Å². The van der Waals surface area contributed by atoms with Gasteiger partial charge in [-0.15, -0.1) is 0 Å². The maximum absolute atomic E-state index is 12.5. The zero-order valence-electron chi connectivity index (χ0n) is 14.6. The third-order valence-electron chi connectivity index (χ3n) is 3.85. The van der Waals surface area contributed by atoms with E-state index in [0.717, 1.165) is 5.56 Å². The number of amides is 1. The first kappa shape index (κ1) is 19.1.